The lowest BCUT2D eigenvalue weighted by Crippen LogP contribution is -2.25. The van der Waals surface area contributed by atoms with Crippen LogP contribution in [0.25, 0.3) is 0 Å². The monoisotopic (exact) mass is 165 g/mol. The van der Waals surface area contributed by atoms with E-state index >= 15 is 0 Å². The molecule has 0 saturated carbocycles. The van der Waals surface area contributed by atoms with Gasteiger partial charge in [0.05, 0.1) is 0 Å². The lowest BCUT2D eigenvalue weighted by Gasteiger charge is -1.99. The van der Waals surface area contributed by atoms with Crippen molar-refractivity contribution in [3.05, 3.63) is 24.3 Å². The molecule has 0 atom stereocenters. The number of hydrogen-bond donors (Lipinski definition) is 1. The van der Waals surface area contributed by atoms with E-state index in [-0.39, 0.29) is 11.7 Å². The third-order valence-electron chi connectivity index (χ3n) is 1.30. The van der Waals surface area contributed by atoms with Gasteiger partial charge >= 0.3 is 0 Å². The van der Waals surface area contributed by atoms with Crippen molar-refractivity contribution in [1.29, 1.82) is 0 Å². The second-order valence-corrected chi connectivity index (χ2v) is 2.33. The van der Waals surface area contributed by atoms with Crippen LogP contribution in [0.5, 0.6) is 0 Å². The van der Waals surface area contributed by atoms with Crippen LogP contribution >= 0.6 is 0 Å². The van der Waals surface area contributed by atoms with E-state index in [1.807, 2.05) is 6.92 Å². The van der Waals surface area contributed by atoms with Gasteiger partial charge in [0.25, 0.3) is 5.91 Å². The predicted octanol–water partition coefficient (Wildman–Crippen LogP) is 0.616. The van der Waals surface area contributed by atoms with Gasteiger partial charge in [-0.2, -0.15) is 0 Å². The van der Waals surface area contributed by atoms with Crippen molar-refractivity contribution in [2.75, 3.05) is 6.54 Å². The summed E-state index contributed by atoms with van der Waals surface area (Å²) >= 11 is 0. The van der Waals surface area contributed by atoms with Gasteiger partial charge in [-0.25, -0.2) is 9.97 Å². The van der Waals surface area contributed by atoms with Gasteiger partial charge in [0.2, 0.25) is 5.82 Å². The van der Waals surface area contributed by atoms with Crippen molar-refractivity contribution in [2.24, 2.45) is 0 Å². The summed E-state index contributed by atoms with van der Waals surface area (Å²) in [6.45, 7) is 2.66. The van der Waals surface area contributed by atoms with Crippen molar-refractivity contribution >= 4 is 5.91 Å². The Morgan fingerprint density at radius 2 is 2.17 bits per heavy atom. The van der Waals surface area contributed by atoms with Crippen molar-refractivity contribution in [3.8, 4) is 0 Å². The second kappa shape index (κ2) is 4.43. The zero-order chi connectivity index (χ0) is 8.81. The average molecular weight is 165 g/mol. The fourth-order valence-electron chi connectivity index (χ4n) is 0.734. The largest absolute Gasteiger partial charge is 0.349 e. The molecule has 1 N–H and O–H groups in total. The molecule has 64 valence electrons. The fourth-order valence-corrected chi connectivity index (χ4v) is 0.734. The number of aromatic nitrogens is 2. The van der Waals surface area contributed by atoms with E-state index in [1.54, 1.807) is 18.5 Å². The van der Waals surface area contributed by atoms with E-state index in [4.69, 9.17) is 0 Å². The Morgan fingerprint density at radius 1 is 1.50 bits per heavy atom. The van der Waals surface area contributed by atoms with Gasteiger partial charge in [-0.05, 0) is 12.5 Å². The zero-order valence-corrected chi connectivity index (χ0v) is 6.95. The van der Waals surface area contributed by atoms with Crippen molar-refractivity contribution in [1.82, 2.24) is 15.3 Å². The van der Waals surface area contributed by atoms with E-state index in [0.717, 1.165) is 6.42 Å². The highest BCUT2D eigenvalue weighted by Crippen LogP contribution is 1.86. The maximum absolute atomic E-state index is 11.2. The number of nitrogens with zero attached hydrogens (tertiary/aromatic N) is 2. The number of nitrogens with one attached hydrogen (secondary N) is 1. The maximum Gasteiger partial charge on any atom is 0.289 e. The van der Waals surface area contributed by atoms with Gasteiger partial charge in [-0.1, -0.05) is 6.92 Å². The lowest BCUT2D eigenvalue weighted by atomic mass is 10.4. The molecule has 0 aliphatic rings. The van der Waals surface area contributed by atoms with E-state index < -0.39 is 0 Å². The molecule has 0 saturated heterocycles. The Morgan fingerprint density at radius 3 is 2.75 bits per heavy atom. The Hall–Kier alpha value is -1.45. The lowest BCUT2D eigenvalue weighted by molar-refractivity contribution is 0.0943. The summed E-state index contributed by atoms with van der Waals surface area (Å²) in [6.07, 6.45) is 4.01. The van der Waals surface area contributed by atoms with Crippen LogP contribution < -0.4 is 5.32 Å². The van der Waals surface area contributed by atoms with Gasteiger partial charge in [0.1, 0.15) is 0 Å². The summed E-state index contributed by atoms with van der Waals surface area (Å²) in [6, 6.07) is 1.68. The van der Waals surface area contributed by atoms with Crippen LogP contribution in [0.15, 0.2) is 18.5 Å². The Balaban J connectivity index is 2.54. The normalized spacial score (nSPS) is 9.42. The van der Waals surface area contributed by atoms with Gasteiger partial charge < -0.3 is 5.32 Å². The zero-order valence-electron chi connectivity index (χ0n) is 6.95. The highest BCUT2D eigenvalue weighted by Gasteiger charge is 2.04. The first-order valence-corrected chi connectivity index (χ1v) is 3.90. The number of hydrogen-bond acceptors (Lipinski definition) is 3. The van der Waals surface area contributed by atoms with Gasteiger partial charge in [-0.3, -0.25) is 4.79 Å². The van der Waals surface area contributed by atoms with E-state index in [1.165, 1.54) is 0 Å². The quantitative estimate of drug-likeness (QED) is 0.714. The summed E-state index contributed by atoms with van der Waals surface area (Å²) in [5.74, 6) is 0.0170. The molecule has 1 aromatic heterocycles. The molecule has 0 radical (unpaired) electrons. The van der Waals surface area contributed by atoms with E-state index in [9.17, 15) is 4.79 Å². The molecule has 0 aliphatic carbocycles. The van der Waals surface area contributed by atoms with Crippen LogP contribution in [0.2, 0.25) is 0 Å². The molecule has 4 nitrogen and oxygen atoms in total. The minimum Gasteiger partial charge on any atom is -0.349 e. The van der Waals surface area contributed by atoms with Gasteiger partial charge in [0, 0.05) is 18.9 Å². The first-order chi connectivity index (χ1) is 5.84. The van der Waals surface area contributed by atoms with Crippen molar-refractivity contribution < 1.29 is 4.79 Å². The molecule has 0 aliphatic heterocycles. The highest BCUT2D eigenvalue weighted by atomic mass is 16.2. The van der Waals surface area contributed by atoms with Crippen LogP contribution in [-0.4, -0.2) is 22.4 Å². The SMILES string of the molecule is CCCNC(=O)c1ncccn1. The minimum absolute atomic E-state index is 0.211. The summed E-state index contributed by atoms with van der Waals surface area (Å²) in [7, 11) is 0. The summed E-state index contributed by atoms with van der Waals surface area (Å²) in [5.41, 5.74) is 0. The van der Waals surface area contributed by atoms with Gasteiger partial charge in [0.15, 0.2) is 0 Å². The topological polar surface area (TPSA) is 54.9 Å². The van der Waals surface area contributed by atoms with Crippen molar-refractivity contribution in [2.45, 2.75) is 13.3 Å². The molecule has 0 unspecified atom stereocenters. The number of amides is 1. The summed E-state index contributed by atoms with van der Waals surface area (Å²) < 4.78 is 0. The van der Waals surface area contributed by atoms with Crippen LogP contribution in [-0.2, 0) is 0 Å². The molecule has 1 heterocycles. The molecule has 1 amide bonds. The standard InChI is InChI=1S/C8H11N3O/c1-2-4-11-8(12)7-9-5-3-6-10-7/h3,5-6H,2,4H2,1H3,(H,11,12). The smallest absolute Gasteiger partial charge is 0.289 e. The molecule has 1 aromatic rings. The second-order valence-electron chi connectivity index (χ2n) is 2.33. The Labute approximate surface area is 71.0 Å². The number of carbonyl (C=O) groups excluding carboxylic acids is 1. The Bertz CT molecular complexity index is 248. The molecule has 4 heteroatoms. The van der Waals surface area contributed by atoms with Crippen LogP contribution in [0, 0.1) is 0 Å². The first kappa shape index (κ1) is 8.64. The van der Waals surface area contributed by atoms with Crippen LogP contribution in [0.3, 0.4) is 0 Å². The highest BCUT2D eigenvalue weighted by molar-refractivity contribution is 5.90. The molecular formula is C8H11N3O. The van der Waals surface area contributed by atoms with Crippen LogP contribution in [0.1, 0.15) is 24.0 Å². The third-order valence-corrected chi connectivity index (χ3v) is 1.30. The number of rotatable bonds is 3. The Kier molecular flexibility index (Phi) is 3.19. The molecule has 0 fully saturated rings. The molecule has 12 heavy (non-hydrogen) atoms. The molecule has 0 aromatic carbocycles. The number of carbonyl (C=O) groups is 1. The van der Waals surface area contributed by atoms with Crippen molar-refractivity contribution in [3.63, 3.8) is 0 Å². The fraction of sp³-hybridized carbons (Fsp3) is 0.375. The minimum atomic E-state index is -0.211. The average Bonchev–Trinajstić information content (AvgIpc) is 2.15. The summed E-state index contributed by atoms with van der Waals surface area (Å²) in [4.78, 5) is 18.8. The summed E-state index contributed by atoms with van der Waals surface area (Å²) in [5, 5.41) is 2.68. The van der Waals surface area contributed by atoms with Gasteiger partial charge in [-0.15, -0.1) is 0 Å². The third kappa shape index (κ3) is 2.30. The predicted molar refractivity (Wildman–Crippen MR) is 44.7 cm³/mol. The van der Waals surface area contributed by atoms with Crippen LogP contribution in [0.4, 0.5) is 0 Å². The van der Waals surface area contributed by atoms with E-state index in [2.05, 4.69) is 15.3 Å². The first-order valence-electron chi connectivity index (χ1n) is 3.90. The maximum atomic E-state index is 11.2. The molecule has 0 spiro atoms. The molecule has 0 bridgehead atoms. The molecular weight excluding hydrogens is 154 g/mol. The molecule has 1 rings (SSSR count). The van der Waals surface area contributed by atoms with E-state index in [0.29, 0.717) is 6.54 Å².